The molecule has 3 rings (SSSR count). The van der Waals surface area contributed by atoms with E-state index >= 15 is 0 Å². The molecule has 0 bridgehead atoms. The number of hydrogen-bond donors (Lipinski definition) is 0. The van der Waals surface area contributed by atoms with Crippen molar-refractivity contribution in [1.82, 2.24) is 0 Å². The Morgan fingerprint density at radius 1 is 0.826 bits per heavy atom. The molecular weight excluding hydrogens is 309 g/mol. The summed E-state index contributed by atoms with van der Waals surface area (Å²) in [5, 5.41) is 0. The van der Waals surface area contributed by atoms with Gasteiger partial charge in [-0.05, 0) is 23.8 Å². The number of fused-ring (bicyclic) bond motifs is 1. The van der Waals surface area contributed by atoms with Crippen LogP contribution in [0.1, 0.15) is 26.3 Å². The molecule has 0 unspecified atom stereocenters. The van der Waals surface area contributed by atoms with E-state index in [0.29, 0.717) is 16.7 Å². The highest BCUT2D eigenvalue weighted by molar-refractivity contribution is 6.41. The maximum atomic E-state index is 12.2. The molecule has 2 aromatic carbocycles. The number of carbonyl (C=O) groups excluding carboxylic acids is 2. The minimum Gasteiger partial charge on any atom is -0.406 e. The van der Waals surface area contributed by atoms with Crippen molar-refractivity contribution in [3.63, 3.8) is 0 Å². The van der Waals surface area contributed by atoms with Gasteiger partial charge in [-0.15, -0.1) is 13.2 Å². The second kappa shape index (κ2) is 5.39. The van der Waals surface area contributed by atoms with E-state index in [1.807, 2.05) is 0 Å². The lowest BCUT2D eigenvalue weighted by Gasteiger charge is -2.08. The topological polar surface area (TPSA) is 43.4 Å². The molecule has 0 atom stereocenters. The quantitative estimate of drug-likeness (QED) is 0.620. The van der Waals surface area contributed by atoms with Gasteiger partial charge in [0.2, 0.25) is 0 Å². The van der Waals surface area contributed by atoms with Crippen LogP contribution in [0.3, 0.4) is 0 Å². The van der Waals surface area contributed by atoms with E-state index in [9.17, 15) is 22.8 Å². The molecule has 116 valence electrons. The highest BCUT2D eigenvalue weighted by Gasteiger charge is 2.33. The summed E-state index contributed by atoms with van der Waals surface area (Å²) in [4.78, 5) is 24.4. The first-order valence-corrected chi connectivity index (χ1v) is 6.61. The molecule has 0 aromatic heterocycles. The smallest absolute Gasteiger partial charge is 0.406 e. The normalized spacial score (nSPS) is 14.0. The summed E-state index contributed by atoms with van der Waals surface area (Å²) >= 11 is 0. The van der Waals surface area contributed by atoms with Crippen LogP contribution in [0.5, 0.6) is 5.75 Å². The lowest BCUT2D eigenvalue weighted by molar-refractivity contribution is -0.274. The maximum Gasteiger partial charge on any atom is 0.573 e. The maximum absolute atomic E-state index is 12.2. The van der Waals surface area contributed by atoms with Gasteiger partial charge in [-0.25, -0.2) is 0 Å². The molecule has 1 aliphatic carbocycles. The van der Waals surface area contributed by atoms with Gasteiger partial charge in [0.25, 0.3) is 0 Å². The van der Waals surface area contributed by atoms with Gasteiger partial charge in [-0.3, -0.25) is 9.59 Å². The standard InChI is InChI=1S/C17H9F3O3/c18-17(19,20)23-11-7-5-10(6-8-11)9-14-15(21)12-3-1-2-4-13(12)16(14)22/h1-9H. The zero-order chi connectivity index (χ0) is 16.6. The van der Waals surface area contributed by atoms with Crippen molar-refractivity contribution in [3.05, 3.63) is 70.8 Å². The van der Waals surface area contributed by atoms with Gasteiger partial charge < -0.3 is 4.74 Å². The van der Waals surface area contributed by atoms with Crippen LogP contribution in [-0.4, -0.2) is 17.9 Å². The lowest BCUT2D eigenvalue weighted by Crippen LogP contribution is -2.16. The monoisotopic (exact) mass is 318 g/mol. The lowest BCUT2D eigenvalue weighted by atomic mass is 10.1. The van der Waals surface area contributed by atoms with Crippen molar-refractivity contribution in [2.24, 2.45) is 0 Å². The second-order valence-corrected chi connectivity index (χ2v) is 4.88. The first-order chi connectivity index (χ1) is 10.8. The van der Waals surface area contributed by atoms with Gasteiger partial charge in [0, 0.05) is 11.1 Å². The summed E-state index contributed by atoms with van der Waals surface area (Å²) < 4.78 is 40.1. The van der Waals surface area contributed by atoms with E-state index in [2.05, 4.69) is 4.74 Å². The molecule has 0 saturated carbocycles. The number of Topliss-reactive ketones (excluding diaryl/α,β-unsaturated/α-hetero) is 2. The molecular formula is C17H9F3O3. The molecule has 0 amide bonds. The van der Waals surface area contributed by atoms with E-state index < -0.39 is 6.36 Å². The number of ether oxygens (including phenoxy) is 1. The fourth-order valence-corrected chi connectivity index (χ4v) is 2.34. The van der Waals surface area contributed by atoms with E-state index in [0.717, 1.165) is 12.1 Å². The molecule has 0 fully saturated rings. The number of ketones is 2. The van der Waals surface area contributed by atoms with Crippen molar-refractivity contribution in [2.45, 2.75) is 6.36 Å². The second-order valence-electron chi connectivity index (χ2n) is 4.88. The Morgan fingerprint density at radius 2 is 1.35 bits per heavy atom. The Hall–Kier alpha value is -2.89. The molecule has 1 aliphatic rings. The first kappa shape index (κ1) is 15.0. The SMILES string of the molecule is O=C1C(=Cc2ccc(OC(F)(F)F)cc2)C(=O)c2ccccc21. The van der Waals surface area contributed by atoms with Crippen molar-refractivity contribution in [1.29, 1.82) is 0 Å². The summed E-state index contributed by atoms with van der Waals surface area (Å²) in [7, 11) is 0. The zero-order valence-corrected chi connectivity index (χ0v) is 11.6. The van der Waals surface area contributed by atoms with E-state index in [1.54, 1.807) is 24.3 Å². The van der Waals surface area contributed by atoms with E-state index in [-0.39, 0.29) is 22.9 Å². The van der Waals surface area contributed by atoms with E-state index in [1.165, 1.54) is 18.2 Å². The van der Waals surface area contributed by atoms with Crippen LogP contribution in [-0.2, 0) is 0 Å². The van der Waals surface area contributed by atoms with Crippen LogP contribution < -0.4 is 4.74 Å². The van der Waals surface area contributed by atoms with Gasteiger partial charge in [0.05, 0.1) is 5.57 Å². The molecule has 2 aromatic rings. The predicted molar refractivity (Wildman–Crippen MR) is 76.2 cm³/mol. The Balaban J connectivity index is 1.89. The van der Waals surface area contributed by atoms with Crippen LogP contribution in [0, 0.1) is 0 Å². The Bertz CT molecular complexity index is 781. The Kier molecular flexibility index (Phi) is 3.52. The number of halogens is 3. The Morgan fingerprint density at radius 3 is 1.83 bits per heavy atom. The van der Waals surface area contributed by atoms with Crippen LogP contribution in [0.4, 0.5) is 13.2 Å². The molecule has 6 heteroatoms. The average molecular weight is 318 g/mol. The summed E-state index contributed by atoms with van der Waals surface area (Å²) in [5.41, 5.74) is 1.10. The highest BCUT2D eigenvalue weighted by Crippen LogP contribution is 2.28. The third-order valence-electron chi connectivity index (χ3n) is 3.33. The molecule has 0 aliphatic heterocycles. The Labute approximate surface area is 129 Å². The minimum absolute atomic E-state index is 0.00399. The zero-order valence-electron chi connectivity index (χ0n) is 11.6. The van der Waals surface area contributed by atoms with Crippen LogP contribution >= 0.6 is 0 Å². The molecule has 23 heavy (non-hydrogen) atoms. The largest absolute Gasteiger partial charge is 0.573 e. The molecule has 0 heterocycles. The van der Waals surface area contributed by atoms with E-state index in [4.69, 9.17) is 0 Å². The number of allylic oxidation sites excluding steroid dienone is 1. The van der Waals surface area contributed by atoms with Crippen LogP contribution in [0.2, 0.25) is 0 Å². The third-order valence-corrected chi connectivity index (χ3v) is 3.33. The van der Waals surface area contributed by atoms with Crippen molar-refractivity contribution in [2.75, 3.05) is 0 Å². The summed E-state index contributed by atoms with van der Waals surface area (Å²) in [5.74, 6) is -1.14. The van der Waals surface area contributed by atoms with Gasteiger partial charge in [-0.2, -0.15) is 0 Å². The molecule has 0 spiro atoms. The third kappa shape index (κ3) is 3.01. The van der Waals surface area contributed by atoms with Gasteiger partial charge in [0.15, 0.2) is 11.6 Å². The predicted octanol–water partition coefficient (Wildman–Crippen LogP) is 4.05. The summed E-state index contributed by atoms with van der Waals surface area (Å²) in [6, 6.07) is 11.4. The average Bonchev–Trinajstić information content (AvgIpc) is 2.73. The number of benzene rings is 2. The van der Waals surface area contributed by atoms with Gasteiger partial charge in [-0.1, -0.05) is 36.4 Å². The molecule has 0 saturated heterocycles. The van der Waals surface area contributed by atoms with Gasteiger partial charge >= 0.3 is 6.36 Å². The van der Waals surface area contributed by atoms with Crippen LogP contribution in [0.15, 0.2) is 54.1 Å². The summed E-state index contributed by atoms with van der Waals surface area (Å²) in [6.45, 7) is 0. The fourth-order valence-electron chi connectivity index (χ4n) is 2.34. The fraction of sp³-hybridized carbons (Fsp3) is 0.0588. The molecule has 3 nitrogen and oxygen atoms in total. The first-order valence-electron chi connectivity index (χ1n) is 6.61. The summed E-state index contributed by atoms with van der Waals surface area (Å²) in [6.07, 6.45) is -3.40. The number of carbonyl (C=O) groups is 2. The number of hydrogen-bond acceptors (Lipinski definition) is 3. The van der Waals surface area contributed by atoms with Crippen molar-refractivity contribution < 1.29 is 27.5 Å². The number of rotatable bonds is 2. The molecule has 0 N–H and O–H groups in total. The highest BCUT2D eigenvalue weighted by atomic mass is 19.4. The van der Waals surface area contributed by atoms with Gasteiger partial charge in [0.1, 0.15) is 5.75 Å². The molecule has 0 radical (unpaired) electrons. The van der Waals surface area contributed by atoms with Crippen LogP contribution in [0.25, 0.3) is 6.08 Å². The minimum atomic E-state index is -4.76. The van der Waals surface area contributed by atoms with Crippen molar-refractivity contribution in [3.8, 4) is 5.75 Å². The van der Waals surface area contributed by atoms with Crippen molar-refractivity contribution >= 4 is 17.6 Å². The number of alkyl halides is 3.